The number of allylic oxidation sites excluding steroid dienone is 1. The smallest absolute Gasteiger partial charge is 0.225 e. The van der Waals surface area contributed by atoms with Crippen molar-refractivity contribution in [2.45, 2.75) is 26.8 Å². The van der Waals surface area contributed by atoms with Gasteiger partial charge >= 0.3 is 0 Å². The van der Waals surface area contributed by atoms with E-state index in [2.05, 4.69) is 27.9 Å². The highest BCUT2D eigenvalue weighted by Crippen LogP contribution is 2.15. The maximum atomic E-state index is 11.6. The molecule has 16 heavy (non-hydrogen) atoms. The van der Waals surface area contributed by atoms with Crippen LogP contribution in [0.25, 0.3) is 0 Å². The third-order valence-electron chi connectivity index (χ3n) is 2.19. The van der Waals surface area contributed by atoms with Crippen LogP contribution in [0.4, 0.5) is 0 Å². The van der Waals surface area contributed by atoms with Crippen molar-refractivity contribution in [3.8, 4) is 0 Å². The van der Waals surface area contributed by atoms with E-state index in [1.165, 1.54) is 5.57 Å². The van der Waals surface area contributed by atoms with Crippen LogP contribution in [0.1, 0.15) is 25.8 Å². The number of nitrogens with one attached hydrogen (secondary N) is 1. The van der Waals surface area contributed by atoms with Crippen molar-refractivity contribution in [2.75, 3.05) is 0 Å². The summed E-state index contributed by atoms with van der Waals surface area (Å²) in [5.74, 6) is 0.0782. The number of amides is 1. The summed E-state index contributed by atoms with van der Waals surface area (Å²) < 4.78 is 1.11. The first-order valence-electron chi connectivity index (χ1n) is 5.22. The lowest BCUT2D eigenvalue weighted by molar-refractivity contribution is -0.120. The lowest BCUT2D eigenvalue weighted by Gasteiger charge is -2.05. The summed E-state index contributed by atoms with van der Waals surface area (Å²) in [6.07, 6.45) is 0.482. The number of carbonyl (C=O) groups is 1. The quantitative estimate of drug-likeness (QED) is 0.843. The summed E-state index contributed by atoms with van der Waals surface area (Å²) >= 11 is 2.22. The minimum atomic E-state index is 0.0782. The molecule has 0 unspecified atom stereocenters. The Labute approximate surface area is 110 Å². The molecule has 0 fully saturated rings. The zero-order valence-electron chi connectivity index (χ0n) is 9.59. The molecular weight excluding hydrogens is 313 g/mol. The van der Waals surface area contributed by atoms with Gasteiger partial charge in [-0.1, -0.05) is 35.9 Å². The van der Waals surface area contributed by atoms with Crippen LogP contribution in [0.3, 0.4) is 0 Å². The van der Waals surface area contributed by atoms with Gasteiger partial charge in [0.15, 0.2) is 0 Å². The molecule has 0 spiro atoms. The topological polar surface area (TPSA) is 29.1 Å². The number of rotatable bonds is 4. The molecule has 0 heterocycles. The van der Waals surface area contributed by atoms with Gasteiger partial charge in [-0.2, -0.15) is 0 Å². The molecule has 0 radical (unpaired) electrons. The fourth-order valence-electron chi connectivity index (χ4n) is 1.18. The number of hydrogen-bond acceptors (Lipinski definition) is 1. The van der Waals surface area contributed by atoms with Crippen molar-refractivity contribution in [2.24, 2.45) is 0 Å². The molecule has 0 aliphatic carbocycles. The predicted molar refractivity (Wildman–Crippen MR) is 75.3 cm³/mol. The van der Waals surface area contributed by atoms with E-state index in [0.29, 0.717) is 13.0 Å². The third kappa shape index (κ3) is 4.79. The van der Waals surface area contributed by atoms with Gasteiger partial charge in [-0.05, 0) is 45.6 Å². The van der Waals surface area contributed by atoms with Crippen LogP contribution >= 0.6 is 22.6 Å². The first-order valence-corrected chi connectivity index (χ1v) is 6.30. The summed E-state index contributed by atoms with van der Waals surface area (Å²) in [4.78, 5) is 11.6. The second kappa shape index (κ2) is 6.68. The maximum Gasteiger partial charge on any atom is 0.225 e. The van der Waals surface area contributed by atoms with E-state index in [1.54, 1.807) is 0 Å². The Morgan fingerprint density at radius 2 is 1.88 bits per heavy atom. The van der Waals surface area contributed by atoms with Crippen LogP contribution in [0.15, 0.2) is 39.5 Å². The van der Waals surface area contributed by atoms with E-state index in [0.717, 1.165) is 9.14 Å². The van der Waals surface area contributed by atoms with E-state index in [9.17, 15) is 4.79 Å². The molecule has 1 aromatic rings. The molecule has 3 heteroatoms. The molecule has 2 nitrogen and oxygen atoms in total. The Morgan fingerprint density at radius 3 is 2.44 bits per heavy atom. The molecule has 86 valence electrons. The van der Waals surface area contributed by atoms with E-state index in [4.69, 9.17) is 0 Å². The van der Waals surface area contributed by atoms with Gasteiger partial charge in [0, 0.05) is 6.54 Å². The normalized spacial score (nSPS) is 9.69. The van der Waals surface area contributed by atoms with Crippen LogP contribution < -0.4 is 5.32 Å². The largest absolute Gasteiger partial charge is 0.352 e. The summed E-state index contributed by atoms with van der Waals surface area (Å²) in [5, 5.41) is 2.91. The van der Waals surface area contributed by atoms with Gasteiger partial charge in [0.05, 0.1) is 6.42 Å². The molecule has 0 bridgehead atoms. The zero-order valence-corrected chi connectivity index (χ0v) is 11.7. The van der Waals surface area contributed by atoms with Crippen molar-refractivity contribution in [1.82, 2.24) is 5.32 Å². The number of benzene rings is 1. The van der Waals surface area contributed by atoms with Gasteiger partial charge in [0.25, 0.3) is 0 Å². The Kier molecular flexibility index (Phi) is 5.52. The molecule has 1 aromatic carbocycles. The van der Waals surface area contributed by atoms with Crippen molar-refractivity contribution in [1.29, 1.82) is 0 Å². The lowest BCUT2D eigenvalue weighted by atomic mass is 10.2. The van der Waals surface area contributed by atoms with E-state index in [-0.39, 0.29) is 5.91 Å². The van der Waals surface area contributed by atoms with Gasteiger partial charge in [-0.15, -0.1) is 0 Å². The van der Waals surface area contributed by atoms with Gasteiger partial charge in [-0.25, -0.2) is 0 Å². The monoisotopic (exact) mass is 329 g/mol. The Bertz CT molecular complexity index is 380. The minimum absolute atomic E-state index is 0.0782. The molecule has 1 rings (SSSR count). The van der Waals surface area contributed by atoms with Crippen LogP contribution in [0.2, 0.25) is 0 Å². The highest BCUT2D eigenvalue weighted by atomic mass is 127. The maximum absolute atomic E-state index is 11.6. The second-order valence-corrected chi connectivity index (χ2v) is 5.15. The molecule has 0 saturated carbocycles. The highest BCUT2D eigenvalue weighted by Gasteiger charge is 2.04. The van der Waals surface area contributed by atoms with E-state index < -0.39 is 0 Å². The number of halogens is 1. The summed E-state index contributed by atoms with van der Waals surface area (Å²) in [7, 11) is 0. The Hall–Kier alpha value is -0.840. The standard InChI is InChI=1S/C13H16INO/c1-10(2)12(14)8-13(16)15-9-11-6-4-3-5-7-11/h3-7H,8-9H2,1-2H3,(H,15,16). The Morgan fingerprint density at radius 1 is 1.25 bits per heavy atom. The molecular formula is C13H16INO. The van der Waals surface area contributed by atoms with Gasteiger partial charge < -0.3 is 5.32 Å². The van der Waals surface area contributed by atoms with Crippen LogP contribution in [0.5, 0.6) is 0 Å². The summed E-state index contributed by atoms with van der Waals surface area (Å²) in [5.41, 5.74) is 2.33. The number of hydrogen-bond donors (Lipinski definition) is 1. The molecule has 0 aliphatic heterocycles. The first-order chi connectivity index (χ1) is 7.59. The molecule has 1 N–H and O–H groups in total. The third-order valence-corrected chi connectivity index (χ3v) is 3.65. The zero-order chi connectivity index (χ0) is 12.0. The predicted octanol–water partition coefficient (Wildman–Crippen LogP) is 3.42. The SMILES string of the molecule is CC(C)=C(I)CC(=O)NCc1ccccc1. The van der Waals surface area contributed by atoms with Crippen molar-refractivity contribution < 1.29 is 4.79 Å². The average Bonchev–Trinajstić information content (AvgIpc) is 2.27. The first kappa shape index (κ1) is 13.2. The minimum Gasteiger partial charge on any atom is -0.352 e. The van der Waals surface area contributed by atoms with Gasteiger partial charge in [-0.3, -0.25) is 4.79 Å². The van der Waals surface area contributed by atoms with Crippen LogP contribution in [-0.2, 0) is 11.3 Å². The fourth-order valence-corrected chi connectivity index (χ4v) is 1.52. The van der Waals surface area contributed by atoms with Gasteiger partial charge in [0.2, 0.25) is 5.91 Å². The van der Waals surface area contributed by atoms with Crippen LogP contribution in [-0.4, -0.2) is 5.91 Å². The van der Waals surface area contributed by atoms with Crippen molar-refractivity contribution >= 4 is 28.5 Å². The van der Waals surface area contributed by atoms with E-state index in [1.807, 2.05) is 44.2 Å². The van der Waals surface area contributed by atoms with Crippen LogP contribution in [0, 0.1) is 0 Å². The molecule has 1 amide bonds. The molecule has 0 aliphatic rings. The fraction of sp³-hybridized carbons (Fsp3) is 0.308. The number of carbonyl (C=O) groups excluding carboxylic acids is 1. The molecule has 0 saturated heterocycles. The van der Waals surface area contributed by atoms with Crippen molar-refractivity contribution in [3.05, 3.63) is 45.0 Å². The Balaban J connectivity index is 2.40. The summed E-state index contributed by atoms with van der Waals surface area (Å²) in [6, 6.07) is 9.93. The highest BCUT2D eigenvalue weighted by molar-refractivity contribution is 14.1. The second-order valence-electron chi connectivity index (χ2n) is 3.84. The van der Waals surface area contributed by atoms with Gasteiger partial charge in [0.1, 0.15) is 0 Å². The summed E-state index contributed by atoms with van der Waals surface area (Å²) in [6.45, 7) is 4.64. The van der Waals surface area contributed by atoms with Crippen molar-refractivity contribution in [3.63, 3.8) is 0 Å². The lowest BCUT2D eigenvalue weighted by Crippen LogP contribution is -2.22. The average molecular weight is 329 g/mol. The molecule has 0 atom stereocenters. The molecule has 0 aromatic heterocycles. The van der Waals surface area contributed by atoms with E-state index >= 15 is 0 Å².